The van der Waals surface area contributed by atoms with Crippen molar-refractivity contribution in [1.29, 1.82) is 0 Å². The van der Waals surface area contributed by atoms with Crippen LogP contribution >= 0.6 is 15.9 Å². The molecule has 2 rings (SSSR count). The van der Waals surface area contributed by atoms with Crippen LogP contribution in [-0.2, 0) is 10.2 Å². The van der Waals surface area contributed by atoms with Gasteiger partial charge in [-0.25, -0.2) is 9.97 Å². The van der Waals surface area contributed by atoms with Gasteiger partial charge < -0.3 is 9.64 Å². The Morgan fingerprint density at radius 3 is 2.47 bits per heavy atom. The number of hydrogen-bond donors (Lipinski definition) is 0. The van der Waals surface area contributed by atoms with Crippen LogP contribution in [0.15, 0.2) is 10.8 Å². The van der Waals surface area contributed by atoms with Gasteiger partial charge in [0.2, 0.25) is 0 Å². The second-order valence-electron chi connectivity index (χ2n) is 5.23. The molecule has 94 valence electrons. The SMILES string of the molecule is CC(C)(C)c1cc(N2CCOCC2)nc(Br)n1. The van der Waals surface area contributed by atoms with E-state index in [4.69, 9.17) is 4.74 Å². The van der Waals surface area contributed by atoms with Gasteiger partial charge in [0.05, 0.1) is 18.9 Å². The smallest absolute Gasteiger partial charge is 0.198 e. The van der Waals surface area contributed by atoms with E-state index in [0.717, 1.165) is 37.8 Å². The summed E-state index contributed by atoms with van der Waals surface area (Å²) in [6, 6.07) is 2.08. The lowest BCUT2D eigenvalue weighted by atomic mass is 9.92. The van der Waals surface area contributed by atoms with Crippen LogP contribution in [0.2, 0.25) is 0 Å². The van der Waals surface area contributed by atoms with Crippen LogP contribution < -0.4 is 4.90 Å². The standard InChI is InChI=1S/C12H18BrN3O/c1-12(2,3)9-8-10(15-11(13)14-9)16-4-6-17-7-5-16/h8H,4-7H2,1-3H3. The second-order valence-corrected chi connectivity index (χ2v) is 5.94. The summed E-state index contributed by atoms with van der Waals surface area (Å²) in [4.78, 5) is 11.1. The minimum atomic E-state index is 0.0342. The Kier molecular flexibility index (Phi) is 3.68. The molecule has 0 aliphatic carbocycles. The molecule has 0 atom stereocenters. The maximum atomic E-state index is 5.35. The Bertz CT molecular complexity index is 397. The van der Waals surface area contributed by atoms with Crippen LogP contribution in [0.1, 0.15) is 26.5 Å². The molecule has 1 aromatic rings. The fourth-order valence-corrected chi connectivity index (χ4v) is 2.12. The number of ether oxygens (including phenoxy) is 1. The molecule has 1 aromatic heterocycles. The molecule has 0 radical (unpaired) electrons. The fraction of sp³-hybridized carbons (Fsp3) is 0.667. The topological polar surface area (TPSA) is 38.2 Å². The monoisotopic (exact) mass is 299 g/mol. The number of halogens is 1. The predicted octanol–water partition coefficient (Wildman–Crippen LogP) is 2.37. The summed E-state index contributed by atoms with van der Waals surface area (Å²) in [5.41, 5.74) is 1.09. The van der Waals surface area contributed by atoms with E-state index < -0.39 is 0 Å². The quantitative estimate of drug-likeness (QED) is 0.746. The zero-order chi connectivity index (χ0) is 12.5. The van der Waals surface area contributed by atoms with Gasteiger partial charge in [0, 0.05) is 24.6 Å². The molecule has 0 aromatic carbocycles. The molecule has 0 amide bonds. The molecule has 5 heteroatoms. The van der Waals surface area contributed by atoms with Gasteiger partial charge >= 0.3 is 0 Å². The van der Waals surface area contributed by atoms with E-state index in [1.165, 1.54) is 0 Å². The largest absolute Gasteiger partial charge is 0.378 e. The Hall–Kier alpha value is -0.680. The molecule has 17 heavy (non-hydrogen) atoms. The summed E-state index contributed by atoms with van der Waals surface area (Å²) in [7, 11) is 0. The van der Waals surface area contributed by atoms with Gasteiger partial charge in [0.1, 0.15) is 5.82 Å². The first-order chi connectivity index (χ1) is 7.97. The second kappa shape index (κ2) is 4.90. The highest BCUT2D eigenvalue weighted by Gasteiger charge is 2.20. The lowest BCUT2D eigenvalue weighted by Crippen LogP contribution is -2.37. The Balaban J connectivity index is 2.31. The van der Waals surface area contributed by atoms with E-state index in [0.29, 0.717) is 4.73 Å². The van der Waals surface area contributed by atoms with Crippen molar-refractivity contribution in [2.75, 3.05) is 31.2 Å². The molecule has 1 aliphatic heterocycles. The first kappa shape index (κ1) is 12.8. The highest BCUT2D eigenvalue weighted by Crippen LogP contribution is 2.25. The van der Waals surface area contributed by atoms with Crippen molar-refractivity contribution in [2.45, 2.75) is 26.2 Å². The molecule has 1 fully saturated rings. The molecule has 2 heterocycles. The van der Waals surface area contributed by atoms with Gasteiger partial charge in [0.25, 0.3) is 0 Å². The average molecular weight is 300 g/mol. The summed E-state index contributed by atoms with van der Waals surface area (Å²) in [6.07, 6.45) is 0. The van der Waals surface area contributed by atoms with Crippen LogP contribution in [-0.4, -0.2) is 36.3 Å². The summed E-state index contributed by atoms with van der Waals surface area (Å²) in [6.45, 7) is 9.81. The molecule has 0 bridgehead atoms. The number of aromatic nitrogens is 2. The molecule has 1 aliphatic rings. The molecule has 0 spiro atoms. The van der Waals surface area contributed by atoms with Crippen molar-refractivity contribution in [3.05, 3.63) is 16.5 Å². The zero-order valence-electron chi connectivity index (χ0n) is 10.5. The molecule has 1 saturated heterocycles. The van der Waals surface area contributed by atoms with E-state index in [1.54, 1.807) is 0 Å². The lowest BCUT2D eigenvalue weighted by Gasteiger charge is -2.29. The van der Waals surface area contributed by atoms with Gasteiger partial charge in [-0.05, 0) is 15.9 Å². The molecular formula is C12H18BrN3O. The maximum absolute atomic E-state index is 5.35. The highest BCUT2D eigenvalue weighted by molar-refractivity contribution is 9.10. The molecule has 0 N–H and O–H groups in total. The maximum Gasteiger partial charge on any atom is 0.198 e. The minimum absolute atomic E-state index is 0.0342. The molecule has 0 saturated carbocycles. The van der Waals surface area contributed by atoms with Gasteiger partial charge in [-0.2, -0.15) is 0 Å². The third kappa shape index (κ3) is 3.16. The Morgan fingerprint density at radius 1 is 1.24 bits per heavy atom. The number of nitrogens with zero attached hydrogens (tertiary/aromatic N) is 3. The van der Waals surface area contributed by atoms with E-state index in [2.05, 4.69) is 57.6 Å². The molecular weight excluding hydrogens is 282 g/mol. The van der Waals surface area contributed by atoms with Crippen molar-refractivity contribution in [2.24, 2.45) is 0 Å². The normalized spacial score (nSPS) is 17.3. The molecule has 0 unspecified atom stereocenters. The summed E-state index contributed by atoms with van der Waals surface area (Å²) >= 11 is 3.39. The summed E-state index contributed by atoms with van der Waals surface area (Å²) in [5, 5.41) is 0. The number of rotatable bonds is 1. The van der Waals surface area contributed by atoms with E-state index in [1.807, 2.05) is 0 Å². The number of anilines is 1. The Morgan fingerprint density at radius 2 is 1.88 bits per heavy atom. The van der Waals surface area contributed by atoms with Crippen LogP contribution in [0.4, 0.5) is 5.82 Å². The van der Waals surface area contributed by atoms with Gasteiger partial charge in [-0.3, -0.25) is 0 Å². The van der Waals surface area contributed by atoms with Gasteiger partial charge in [-0.1, -0.05) is 20.8 Å². The van der Waals surface area contributed by atoms with Crippen molar-refractivity contribution in [3.63, 3.8) is 0 Å². The predicted molar refractivity (Wildman–Crippen MR) is 71.5 cm³/mol. The first-order valence-electron chi connectivity index (χ1n) is 5.84. The van der Waals surface area contributed by atoms with E-state index >= 15 is 0 Å². The third-order valence-corrected chi connectivity index (χ3v) is 3.14. The van der Waals surface area contributed by atoms with Crippen molar-refractivity contribution in [3.8, 4) is 0 Å². The van der Waals surface area contributed by atoms with Crippen LogP contribution in [0.25, 0.3) is 0 Å². The van der Waals surface area contributed by atoms with Crippen molar-refractivity contribution >= 4 is 21.7 Å². The Labute approximate surface area is 111 Å². The minimum Gasteiger partial charge on any atom is -0.378 e. The summed E-state index contributed by atoms with van der Waals surface area (Å²) in [5.74, 6) is 0.986. The van der Waals surface area contributed by atoms with Crippen LogP contribution in [0.5, 0.6) is 0 Å². The third-order valence-electron chi connectivity index (χ3n) is 2.79. The van der Waals surface area contributed by atoms with Crippen molar-refractivity contribution < 1.29 is 4.74 Å². The van der Waals surface area contributed by atoms with Crippen LogP contribution in [0, 0.1) is 0 Å². The van der Waals surface area contributed by atoms with Gasteiger partial charge in [-0.15, -0.1) is 0 Å². The average Bonchev–Trinajstić information content (AvgIpc) is 2.28. The lowest BCUT2D eigenvalue weighted by molar-refractivity contribution is 0.122. The fourth-order valence-electron chi connectivity index (χ4n) is 1.74. The molecule has 4 nitrogen and oxygen atoms in total. The summed E-state index contributed by atoms with van der Waals surface area (Å²) < 4.78 is 6.01. The van der Waals surface area contributed by atoms with Gasteiger partial charge in [0.15, 0.2) is 4.73 Å². The van der Waals surface area contributed by atoms with E-state index in [9.17, 15) is 0 Å². The highest BCUT2D eigenvalue weighted by atomic mass is 79.9. The van der Waals surface area contributed by atoms with E-state index in [-0.39, 0.29) is 5.41 Å². The van der Waals surface area contributed by atoms with Crippen molar-refractivity contribution in [1.82, 2.24) is 9.97 Å². The number of hydrogen-bond acceptors (Lipinski definition) is 4. The van der Waals surface area contributed by atoms with Crippen LogP contribution in [0.3, 0.4) is 0 Å². The first-order valence-corrected chi connectivity index (χ1v) is 6.64. The number of morpholine rings is 1. The zero-order valence-corrected chi connectivity index (χ0v) is 12.1.